The Morgan fingerprint density at radius 1 is 1.13 bits per heavy atom. The molecule has 0 saturated carbocycles. The summed E-state index contributed by atoms with van der Waals surface area (Å²) in [6.45, 7) is 7.06. The summed E-state index contributed by atoms with van der Waals surface area (Å²) in [7, 11) is 0. The highest BCUT2D eigenvalue weighted by Crippen LogP contribution is 2.20. The zero-order valence-corrected chi connectivity index (χ0v) is 13.6. The molecular formula is C17H21FN4O. The number of hydrogen-bond donors (Lipinski definition) is 1. The topological polar surface area (TPSA) is 58.1 Å². The largest absolute Gasteiger partial charge is 0.339 e. The van der Waals surface area contributed by atoms with Crippen LogP contribution in [0.25, 0.3) is 0 Å². The molecule has 2 aromatic rings. The van der Waals surface area contributed by atoms with Crippen LogP contribution >= 0.6 is 0 Å². The SMILES string of the molecule is CCc1ncnc(Nc2ccc(C(=O)N(CC)CC)cc2)c1F. The van der Waals surface area contributed by atoms with E-state index in [-0.39, 0.29) is 11.7 Å². The molecule has 1 amide bonds. The monoisotopic (exact) mass is 316 g/mol. The van der Waals surface area contributed by atoms with Crippen LogP contribution in [0.2, 0.25) is 0 Å². The number of aryl methyl sites for hydroxylation is 1. The van der Waals surface area contributed by atoms with Crippen LogP contribution in [-0.2, 0) is 6.42 Å². The molecule has 0 fully saturated rings. The van der Waals surface area contributed by atoms with Gasteiger partial charge in [0.05, 0.1) is 5.69 Å². The van der Waals surface area contributed by atoms with Crippen LogP contribution in [0.15, 0.2) is 30.6 Å². The first-order chi connectivity index (χ1) is 11.1. The molecule has 2 rings (SSSR count). The van der Waals surface area contributed by atoms with Crippen LogP contribution in [0, 0.1) is 5.82 Å². The normalized spacial score (nSPS) is 10.4. The Hall–Kier alpha value is -2.50. The molecule has 23 heavy (non-hydrogen) atoms. The lowest BCUT2D eigenvalue weighted by Crippen LogP contribution is -2.30. The van der Waals surface area contributed by atoms with Crippen molar-refractivity contribution in [1.29, 1.82) is 0 Å². The van der Waals surface area contributed by atoms with Crippen LogP contribution in [0.5, 0.6) is 0 Å². The van der Waals surface area contributed by atoms with Crippen molar-refractivity contribution in [2.75, 3.05) is 18.4 Å². The summed E-state index contributed by atoms with van der Waals surface area (Å²) in [5.74, 6) is -0.319. The third kappa shape index (κ3) is 3.83. The van der Waals surface area contributed by atoms with Gasteiger partial charge in [-0.15, -0.1) is 0 Å². The van der Waals surface area contributed by atoms with Gasteiger partial charge in [0, 0.05) is 24.3 Å². The summed E-state index contributed by atoms with van der Waals surface area (Å²) in [4.78, 5) is 21.8. The maximum atomic E-state index is 14.1. The Morgan fingerprint density at radius 2 is 1.78 bits per heavy atom. The molecule has 5 nitrogen and oxygen atoms in total. The minimum absolute atomic E-state index is 0.0111. The van der Waals surface area contributed by atoms with Crippen molar-refractivity contribution in [3.8, 4) is 0 Å². The first-order valence-electron chi connectivity index (χ1n) is 7.76. The van der Waals surface area contributed by atoms with Gasteiger partial charge in [0.25, 0.3) is 5.91 Å². The molecule has 1 aromatic heterocycles. The van der Waals surface area contributed by atoms with E-state index < -0.39 is 5.82 Å². The molecule has 0 unspecified atom stereocenters. The zero-order valence-electron chi connectivity index (χ0n) is 13.6. The molecule has 6 heteroatoms. The van der Waals surface area contributed by atoms with E-state index in [1.165, 1.54) is 6.33 Å². The number of nitrogens with zero attached hydrogens (tertiary/aromatic N) is 3. The molecule has 0 aliphatic carbocycles. The van der Waals surface area contributed by atoms with Crippen LogP contribution in [0.4, 0.5) is 15.9 Å². The Morgan fingerprint density at radius 3 is 2.35 bits per heavy atom. The van der Waals surface area contributed by atoms with E-state index in [1.807, 2.05) is 20.8 Å². The van der Waals surface area contributed by atoms with Gasteiger partial charge in [0.1, 0.15) is 6.33 Å². The van der Waals surface area contributed by atoms with Gasteiger partial charge < -0.3 is 10.2 Å². The van der Waals surface area contributed by atoms with Gasteiger partial charge in [0.15, 0.2) is 11.6 Å². The average molecular weight is 316 g/mol. The smallest absolute Gasteiger partial charge is 0.253 e. The van der Waals surface area contributed by atoms with Crippen LogP contribution in [0.3, 0.4) is 0 Å². The number of nitrogens with one attached hydrogen (secondary N) is 1. The molecule has 0 aliphatic heterocycles. The lowest BCUT2D eigenvalue weighted by molar-refractivity contribution is 0.0773. The maximum absolute atomic E-state index is 14.1. The highest BCUT2D eigenvalue weighted by Gasteiger charge is 2.13. The van der Waals surface area contributed by atoms with Gasteiger partial charge in [-0.2, -0.15) is 0 Å². The summed E-state index contributed by atoms with van der Waals surface area (Å²) < 4.78 is 14.1. The fourth-order valence-corrected chi connectivity index (χ4v) is 2.27. The van der Waals surface area contributed by atoms with E-state index in [4.69, 9.17) is 0 Å². The van der Waals surface area contributed by atoms with Crippen molar-refractivity contribution in [3.63, 3.8) is 0 Å². The van der Waals surface area contributed by atoms with Crippen molar-refractivity contribution >= 4 is 17.4 Å². The average Bonchev–Trinajstić information content (AvgIpc) is 2.58. The van der Waals surface area contributed by atoms with Gasteiger partial charge in [-0.05, 0) is 44.5 Å². The summed E-state index contributed by atoms with van der Waals surface area (Å²) in [5.41, 5.74) is 1.65. The first kappa shape index (κ1) is 16.9. The quantitative estimate of drug-likeness (QED) is 0.887. The molecule has 0 aliphatic rings. The maximum Gasteiger partial charge on any atom is 0.253 e. The first-order valence-corrected chi connectivity index (χ1v) is 7.76. The highest BCUT2D eigenvalue weighted by molar-refractivity contribution is 5.94. The fraction of sp³-hybridized carbons (Fsp3) is 0.353. The Kier molecular flexibility index (Phi) is 5.62. The van der Waals surface area contributed by atoms with Gasteiger partial charge >= 0.3 is 0 Å². The van der Waals surface area contributed by atoms with Gasteiger partial charge in [-0.1, -0.05) is 6.92 Å². The predicted molar refractivity (Wildman–Crippen MR) is 88.3 cm³/mol. The van der Waals surface area contributed by atoms with Gasteiger partial charge in [-0.3, -0.25) is 4.79 Å². The van der Waals surface area contributed by atoms with E-state index in [2.05, 4.69) is 15.3 Å². The minimum Gasteiger partial charge on any atom is -0.339 e. The van der Waals surface area contributed by atoms with E-state index in [0.717, 1.165) is 0 Å². The number of halogens is 1. The van der Waals surface area contributed by atoms with Crippen molar-refractivity contribution in [2.45, 2.75) is 27.2 Å². The van der Waals surface area contributed by atoms with E-state index in [9.17, 15) is 9.18 Å². The number of rotatable bonds is 6. The Labute approximate surface area is 135 Å². The molecule has 122 valence electrons. The fourth-order valence-electron chi connectivity index (χ4n) is 2.27. The number of carbonyl (C=O) groups excluding carboxylic acids is 1. The van der Waals surface area contributed by atoms with Gasteiger partial charge in [0.2, 0.25) is 0 Å². The van der Waals surface area contributed by atoms with Crippen LogP contribution in [0.1, 0.15) is 36.8 Å². The number of carbonyl (C=O) groups is 1. The predicted octanol–water partition coefficient (Wildman–Crippen LogP) is 3.40. The molecule has 1 N–H and O–H groups in total. The second kappa shape index (κ2) is 7.67. The summed E-state index contributed by atoms with van der Waals surface area (Å²) >= 11 is 0. The minimum atomic E-state index is -0.446. The number of anilines is 2. The standard InChI is InChI=1S/C17H21FN4O/c1-4-14-15(18)16(20-11-19-14)21-13-9-7-12(8-10-13)17(23)22(5-2)6-3/h7-11H,4-6H2,1-3H3,(H,19,20,21). The number of hydrogen-bond acceptors (Lipinski definition) is 4. The Bertz CT molecular complexity index is 669. The Balaban J connectivity index is 2.16. The summed E-state index contributed by atoms with van der Waals surface area (Å²) in [6, 6.07) is 6.93. The molecule has 0 atom stereocenters. The molecular weight excluding hydrogens is 295 g/mol. The number of benzene rings is 1. The molecule has 1 heterocycles. The van der Waals surface area contributed by atoms with Crippen molar-refractivity contribution in [2.24, 2.45) is 0 Å². The van der Waals surface area contributed by atoms with Crippen molar-refractivity contribution in [3.05, 3.63) is 47.7 Å². The van der Waals surface area contributed by atoms with Gasteiger partial charge in [-0.25, -0.2) is 14.4 Å². The molecule has 1 aromatic carbocycles. The second-order valence-electron chi connectivity index (χ2n) is 5.02. The lowest BCUT2D eigenvalue weighted by Gasteiger charge is -2.18. The molecule has 0 saturated heterocycles. The van der Waals surface area contributed by atoms with Crippen LogP contribution in [-0.4, -0.2) is 33.9 Å². The molecule has 0 spiro atoms. The lowest BCUT2D eigenvalue weighted by atomic mass is 10.1. The summed E-state index contributed by atoms with van der Waals surface area (Å²) in [6.07, 6.45) is 1.84. The number of amides is 1. The highest BCUT2D eigenvalue weighted by atomic mass is 19.1. The van der Waals surface area contributed by atoms with E-state index >= 15 is 0 Å². The van der Waals surface area contributed by atoms with E-state index in [0.29, 0.717) is 36.5 Å². The summed E-state index contributed by atoms with van der Waals surface area (Å²) in [5, 5.41) is 2.92. The number of aromatic nitrogens is 2. The van der Waals surface area contributed by atoms with E-state index in [1.54, 1.807) is 29.2 Å². The molecule has 0 radical (unpaired) electrons. The third-order valence-electron chi connectivity index (χ3n) is 3.64. The third-order valence-corrected chi connectivity index (χ3v) is 3.64. The molecule has 0 bridgehead atoms. The van der Waals surface area contributed by atoms with Crippen molar-refractivity contribution in [1.82, 2.24) is 14.9 Å². The second-order valence-corrected chi connectivity index (χ2v) is 5.02. The zero-order chi connectivity index (χ0) is 16.8. The van der Waals surface area contributed by atoms with Crippen LogP contribution < -0.4 is 5.32 Å². The van der Waals surface area contributed by atoms with Crippen molar-refractivity contribution < 1.29 is 9.18 Å².